The van der Waals surface area contributed by atoms with Crippen LogP contribution in [0.5, 0.6) is 0 Å². The van der Waals surface area contributed by atoms with Gasteiger partial charge < -0.3 is 5.32 Å². The summed E-state index contributed by atoms with van der Waals surface area (Å²) in [4.78, 5) is 0. The first kappa shape index (κ1) is 13.2. The second-order valence-corrected chi connectivity index (χ2v) is 6.02. The molecule has 0 aliphatic carbocycles. The summed E-state index contributed by atoms with van der Waals surface area (Å²) in [5.74, 6) is 1.96. The number of halogens is 2. The summed E-state index contributed by atoms with van der Waals surface area (Å²) < 4.78 is 1.88. The van der Waals surface area contributed by atoms with Crippen molar-refractivity contribution in [3.05, 3.63) is 39.5 Å². The molecule has 3 rings (SSSR count). The van der Waals surface area contributed by atoms with E-state index in [1.165, 1.54) is 5.56 Å². The highest BCUT2D eigenvalue weighted by Gasteiger charge is 2.23. The minimum atomic E-state index is 0.541. The Balaban J connectivity index is 2.15. The fraction of sp³-hybridized carbons (Fsp3) is 0.308. The van der Waals surface area contributed by atoms with Crippen molar-refractivity contribution in [2.45, 2.75) is 12.2 Å². The Hall–Kier alpha value is -0.840. The predicted octanol–water partition coefficient (Wildman–Crippen LogP) is 4.01. The first-order chi connectivity index (χ1) is 9.22. The van der Waals surface area contributed by atoms with Crippen molar-refractivity contribution >= 4 is 40.8 Å². The highest BCUT2D eigenvalue weighted by molar-refractivity contribution is 7.97. The van der Waals surface area contributed by atoms with E-state index in [1.807, 2.05) is 16.8 Å². The average Bonchev–Trinajstić information content (AvgIpc) is 2.97. The van der Waals surface area contributed by atoms with Crippen LogP contribution in [0.25, 0.3) is 5.69 Å². The molecule has 0 spiro atoms. The molecule has 1 aliphatic rings. The van der Waals surface area contributed by atoms with Crippen molar-refractivity contribution in [2.75, 3.05) is 18.1 Å². The number of rotatable bonds is 3. The van der Waals surface area contributed by atoms with Crippen molar-refractivity contribution in [1.29, 1.82) is 0 Å². The van der Waals surface area contributed by atoms with Crippen LogP contribution in [-0.2, 0) is 12.2 Å². The molecule has 3 nitrogen and oxygen atoms in total. The maximum absolute atomic E-state index is 6.29. The lowest BCUT2D eigenvalue weighted by atomic mass is 10.2. The molecule has 1 aromatic heterocycles. The van der Waals surface area contributed by atoms with Crippen LogP contribution in [0.3, 0.4) is 0 Å². The van der Waals surface area contributed by atoms with Crippen LogP contribution in [0.1, 0.15) is 11.3 Å². The van der Waals surface area contributed by atoms with Crippen molar-refractivity contribution in [1.82, 2.24) is 9.78 Å². The summed E-state index contributed by atoms with van der Waals surface area (Å²) in [6.07, 6.45) is 3.10. The molecule has 0 atom stereocenters. The normalized spacial score (nSPS) is 13.4. The summed E-state index contributed by atoms with van der Waals surface area (Å²) in [6.45, 7) is 0.951. The minimum absolute atomic E-state index is 0.541. The number of thioether (sulfide) groups is 1. The zero-order valence-corrected chi connectivity index (χ0v) is 12.7. The van der Waals surface area contributed by atoms with Crippen LogP contribution in [0, 0.1) is 0 Å². The van der Waals surface area contributed by atoms with E-state index in [0.29, 0.717) is 10.0 Å². The molecule has 100 valence electrons. The van der Waals surface area contributed by atoms with Crippen LogP contribution in [0.15, 0.2) is 18.2 Å². The van der Waals surface area contributed by atoms with Crippen molar-refractivity contribution < 1.29 is 0 Å². The topological polar surface area (TPSA) is 29.9 Å². The Morgan fingerprint density at radius 1 is 1.42 bits per heavy atom. The Morgan fingerprint density at radius 2 is 2.26 bits per heavy atom. The largest absolute Gasteiger partial charge is 0.369 e. The number of nitrogens with one attached hydrogen (secondary N) is 1. The molecule has 2 heterocycles. The molecular formula is C13H13Cl2N3S. The van der Waals surface area contributed by atoms with E-state index < -0.39 is 0 Å². The zero-order chi connectivity index (χ0) is 13.4. The van der Waals surface area contributed by atoms with Crippen molar-refractivity contribution in [2.24, 2.45) is 0 Å². The standard InChI is InChI=1S/C13H13Cl2N3S/c1-19-7-10-8-5-6-16-13(8)18(17-10)11-4-2-3-9(14)12(11)15/h2-4,16H,5-7H2,1H3. The lowest BCUT2D eigenvalue weighted by Gasteiger charge is -2.09. The summed E-state index contributed by atoms with van der Waals surface area (Å²) in [5, 5.41) is 9.16. The van der Waals surface area contributed by atoms with Crippen molar-refractivity contribution in [3.8, 4) is 5.69 Å². The zero-order valence-electron chi connectivity index (χ0n) is 10.4. The van der Waals surface area contributed by atoms with E-state index in [1.54, 1.807) is 17.8 Å². The summed E-state index contributed by atoms with van der Waals surface area (Å²) >= 11 is 14.1. The average molecular weight is 314 g/mol. The monoisotopic (exact) mass is 313 g/mol. The Morgan fingerprint density at radius 3 is 3.05 bits per heavy atom. The summed E-state index contributed by atoms with van der Waals surface area (Å²) in [5.41, 5.74) is 3.25. The minimum Gasteiger partial charge on any atom is -0.369 e. The maximum Gasteiger partial charge on any atom is 0.133 e. The van der Waals surface area contributed by atoms with Gasteiger partial charge in [-0.1, -0.05) is 29.3 Å². The van der Waals surface area contributed by atoms with Gasteiger partial charge in [0.2, 0.25) is 0 Å². The fourth-order valence-electron chi connectivity index (χ4n) is 2.33. The summed E-state index contributed by atoms with van der Waals surface area (Å²) in [6, 6.07) is 5.61. The lowest BCUT2D eigenvalue weighted by Crippen LogP contribution is -2.05. The Bertz CT molecular complexity index is 625. The maximum atomic E-state index is 6.29. The number of aromatic nitrogens is 2. The lowest BCUT2D eigenvalue weighted by molar-refractivity contribution is 0.853. The molecule has 6 heteroatoms. The van der Waals surface area contributed by atoms with Gasteiger partial charge in [0.05, 0.1) is 21.4 Å². The van der Waals surface area contributed by atoms with E-state index in [-0.39, 0.29) is 0 Å². The van der Waals surface area contributed by atoms with Gasteiger partial charge in [-0.15, -0.1) is 0 Å². The van der Waals surface area contributed by atoms with E-state index in [0.717, 1.165) is 35.9 Å². The SMILES string of the molecule is CSCc1nn(-c2cccc(Cl)c2Cl)c2c1CCN2. The fourth-order valence-corrected chi connectivity index (χ4v) is 3.21. The first-order valence-electron chi connectivity index (χ1n) is 6.00. The molecule has 1 N–H and O–H groups in total. The van der Waals surface area contributed by atoms with Gasteiger partial charge in [0.15, 0.2) is 0 Å². The van der Waals surface area contributed by atoms with Gasteiger partial charge in [-0.05, 0) is 24.8 Å². The number of nitrogens with zero attached hydrogens (tertiary/aromatic N) is 2. The summed E-state index contributed by atoms with van der Waals surface area (Å²) in [7, 11) is 0. The number of benzene rings is 1. The van der Waals surface area contributed by atoms with Crippen LogP contribution in [0.2, 0.25) is 10.0 Å². The molecule has 0 saturated heterocycles. The predicted molar refractivity (Wildman–Crippen MR) is 83.0 cm³/mol. The van der Waals surface area contributed by atoms with Gasteiger partial charge in [-0.25, -0.2) is 4.68 Å². The molecule has 0 amide bonds. The van der Waals surface area contributed by atoms with Gasteiger partial charge in [0.25, 0.3) is 0 Å². The molecule has 0 unspecified atom stereocenters. The van der Waals surface area contributed by atoms with E-state index in [4.69, 9.17) is 23.2 Å². The molecule has 19 heavy (non-hydrogen) atoms. The van der Waals surface area contributed by atoms with Crippen LogP contribution < -0.4 is 5.32 Å². The third kappa shape index (κ3) is 2.22. The number of hydrogen-bond donors (Lipinski definition) is 1. The molecule has 1 aliphatic heterocycles. The molecule has 0 saturated carbocycles. The molecule has 0 fully saturated rings. The van der Waals surface area contributed by atoms with Crippen LogP contribution >= 0.6 is 35.0 Å². The van der Waals surface area contributed by atoms with Gasteiger partial charge in [0.1, 0.15) is 5.82 Å². The number of hydrogen-bond acceptors (Lipinski definition) is 3. The van der Waals surface area contributed by atoms with E-state index in [2.05, 4.69) is 16.7 Å². The van der Waals surface area contributed by atoms with Crippen LogP contribution in [0.4, 0.5) is 5.82 Å². The molecular weight excluding hydrogens is 301 g/mol. The van der Waals surface area contributed by atoms with Gasteiger partial charge in [-0.2, -0.15) is 16.9 Å². The number of anilines is 1. The van der Waals surface area contributed by atoms with Gasteiger partial charge in [-0.3, -0.25) is 0 Å². The third-order valence-corrected chi connectivity index (χ3v) is 4.55. The highest BCUT2D eigenvalue weighted by atomic mass is 35.5. The Labute approximate surface area is 126 Å². The van der Waals surface area contributed by atoms with Gasteiger partial charge in [0, 0.05) is 17.9 Å². The Kier molecular flexibility index (Phi) is 3.65. The second-order valence-electron chi connectivity index (χ2n) is 4.37. The van der Waals surface area contributed by atoms with E-state index in [9.17, 15) is 0 Å². The third-order valence-electron chi connectivity index (χ3n) is 3.17. The smallest absolute Gasteiger partial charge is 0.133 e. The number of fused-ring (bicyclic) bond motifs is 1. The quantitative estimate of drug-likeness (QED) is 0.928. The van der Waals surface area contributed by atoms with Crippen molar-refractivity contribution in [3.63, 3.8) is 0 Å². The molecule has 0 bridgehead atoms. The van der Waals surface area contributed by atoms with Gasteiger partial charge >= 0.3 is 0 Å². The molecule has 1 aromatic carbocycles. The first-order valence-corrected chi connectivity index (χ1v) is 8.15. The molecule has 2 aromatic rings. The highest BCUT2D eigenvalue weighted by Crippen LogP contribution is 2.34. The second kappa shape index (κ2) is 5.27. The van der Waals surface area contributed by atoms with Crippen LogP contribution in [-0.4, -0.2) is 22.6 Å². The van der Waals surface area contributed by atoms with E-state index >= 15 is 0 Å². The molecule has 0 radical (unpaired) electrons.